The fourth-order valence-corrected chi connectivity index (χ4v) is 3.90. The molecule has 1 aromatic carbocycles. The molecular weight excluding hydrogens is 404 g/mol. The highest BCUT2D eigenvalue weighted by molar-refractivity contribution is 6.29. The third kappa shape index (κ3) is 3.80. The number of aromatic nitrogens is 3. The number of likely N-dealkylation sites (N-methyl/N-ethyl adjacent to an activating group) is 1. The van der Waals surface area contributed by atoms with Crippen LogP contribution in [0, 0.1) is 0 Å². The van der Waals surface area contributed by atoms with Crippen molar-refractivity contribution in [1.82, 2.24) is 19.5 Å². The summed E-state index contributed by atoms with van der Waals surface area (Å²) < 4.78 is 1.53. The van der Waals surface area contributed by atoms with E-state index in [1.807, 2.05) is 38.1 Å². The molecule has 2 aromatic heterocycles. The molecule has 0 unspecified atom stereocenters. The molecule has 8 nitrogen and oxygen atoms in total. The third-order valence-electron chi connectivity index (χ3n) is 5.47. The van der Waals surface area contributed by atoms with Crippen molar-refractivity contribution in [2.75, 3.05) is 43.0 Å². The minimum Gasteiger partial charge on any atom is -0.464 e. The average Bonchev–Trinajstić information content (AvgIpc) is 3.13. The Labute approximate surface area is 180 Å². The van der Waals surface area contributed by atoms with Gasteiger partial charge in [0.25, 0.3) is 0 Å². The maximum atomic E-state index is 12.2. The molecule has 3 aromatic rings. The Morgan fingerprint density at radius 2 is 1.83 bits per heavy atom. The van der Waals surface area contributed by atoms with Gasteiger partial charge in [-0.15, -0.1) is 0 Å². The largest absolute Gasteiger partial charge is 0.464 e. The highest BCUT2D eigenvalue weighted by Crippen LogP contribution is 2.31. The lowest BCUT2D eigenvalue weighted by Gasteiger charge is -2.34. The quantitative estimate of drug-likeness (QED) is 0.631. The number of fused-ring (bicyclic) bond motifs is 1. The first-order valence-electron chi connectivity index (χ1n) is 9.96. The molecular formula is C21H25ClN6O2. The fourth-order valence-electron chi connectivity index (χ4n) is 3.72. The first-order chi connectivity index (χ1) is 14.3. The zero-order valence-electron chi connectivity index (χ0n) is 17.3. The molecule has 158 valence electrons. The number of hydrogen-bond acceptors (Lipinski definition) is 5. The van der Waals surface area contributed by atoms with Gasteiger partial charge in [0.2, 0.25) is 0 Å². The van der Waals surface area contributed by atoms with Gasteiger partial charge in [-0.2, -0.15) is 9.61 Å². The fraction of sp³-hybridized carbons (Fsp3) is 0.381. The number of nitrogens with zero attached hydrogens (tertiary/aromatic N) is 6. The van der Waals surface area contributed by atoms with Crippen molar-refractivity contribution in [2.24, 2.45) is 0 Å². The van der Waals surface area contributed by atoms with Crippen molar-refractivity contribution in [3.63, 3.8) is 0 Å². The van der Waals surface area contributed by atoms with Gasteiger partial charge in [-0.3, -0.25) is 0 Å². The predicted molar refractivity (Wildman–Crippen MR) is 118 cm³/mol. The molecule has 4 rings (SSSR count). The zero-order valence-corrected chi connectivity index (χ0v) is 18.0. The highest BCUT2D eigenvalue weighted by atomic mass is 35.5. The summed E-state index contributed by atoms with van der Waals surface area (Å²) in [5, 5.41) is 14.6. The lowest BCUT2D eigenvalue weighted by molar-refractivity contribution is 0.204. The van der Waals surface area contributed by atoms with Crippen LogP contribution < -0.4 is 9.80 Å². The van der Waals surface area contributed by atoms with Gasteiger partial charge in [-0.25, -0.2) is 14.7 Å². The van der Waals surface area contributed by atoms with Crippen molar-refractivity contribution in [3.05, 3.63) is 47.2 Å². The Bertz CT molecular complexity index is 1060. The second kappa shape index (κ2) is 8.12. The monoisotopic (exact) mass is 428 g/mol. The van der Waals surface area contributed by atoms with E-state index in [2.05, 4.69) is 26.9 Å². The molecule has 1 fully saturated rings. The number of halogens is 1. The predicted octanol–water partition coefficient (Wildman–Crippen LogP) is 4.07. The van der Waals surface area contributed by atoms with Crippen LogP contribution in [0.3, 0.4) is 0 Å². The second-order valence-electron chi connectivity index (χ2n) is 7.85. The topological polar surface area (TPSA) is 77.2 Å². The molecule has 1 amide bonds. The number of piperazine rings is 1. The minimum atomic E-state index is -1.12. The van der Waals surface area contributed by atoms with Crippen LogP contribution in [0.15, 0.2) is 36.5 Å². The highest BCUT2D eigenvalue weighted by Gasteiger charge is 2.24. The van der Waals surface area contributed by atoms with Crippen molar-refractivity contribution >= 4 is 40.5 Å². The molecule has 30 heavy (non-hydrogen) atoms. The molecule has 9 heteroatoms. The zero-order chi connectivity index (χ0) is 21.4. The molecule has 0 spiro atoms. The van der Waals surface area contributed by atoms with Crippen molar-refractivity contribution in [3.8, 4) is 0 Å². The first kappa shape index (κ1) is 20.4. The van der Waals surface area contributed by atoms with E-state index in [9.17, 15) is 9.90 Å². The van der Waals surface area contributed by atoms with Gasteiger partial charge in [0, 0.05) is 43.5 Å². The average molecular weight is 429 g/mol. The summed E-state index contributed by atoms with van der Waals surface area (Å²) in [6.07, 6.45) is 0.594. The molecule has 0 radical (unpaired) electrons. The number of carboxylic acid groups (broad SMARTS) is 1. The summed E-state index contributed by atoms with van der Waals surface area (Å²) in [6, 6.07) is 9.07. The van der Waals surface area contributed by atoms with Crippen LogP contribution in [0.4, 0.5) is 22.0 Å². The van der Waals surface area contributed by atoms with E-state index in [4.69, 9.17) is 11.6 Å². The Morgan fingerprint density at radius 3 is 2.43 bits per heavy atom. The Balaban J connectivity index is 1.72. The molecule has 1 aliphatic heterocycles. The van der Waals surface area contributed by atoms with Crippen LogP contribution in [0.1, 0.15) is 25.3 Å². The van der Waals surface area contributed by atoms with E-state index in [0.717, 1.165) is 37.4 Å². The van der Waals surface area contributed by atoms with Crippen molar-refractivity contribution in [2.45, 2.75) is 19.8 Å². The van der Waals surface area contributed by atoms with Crippen molar-refractivity contribution in [1.29, 1.82) is 0 Å². The van der Waals surface area contributed by atoms with Gasteiger partial charge >= 0.3 is 6.09 Å². The van der Waals surface area contributed by atoms with Crippen LogP contribution in [-0.2, 0) is 0 Å². The molecule has 0 bridgehead atoms. The van der Waals surface area contributed by atoms with Gasteiger partial charge in [0.05, 0.1) is 11.9 Å². The molecule has 0 atom stereocenters. The molecule has 3 heterocycles. The van der Waals surface area contributed by atoms with Crippen LogP contribution in [0.5, 0.6) is 0 Å². The summed E-state index contributed by atoms with van der Waals surface area (Å²) in [7, 11) is 2.12. The lowest BCUT2D eigenvalue weighted by Crippen LogP contribution is -2.44. The van der Waals surface area contributed by atoms with E-state index in [1.54, 1.807) is 6.20 Å². The Kier molecular flexibility index (Phi) is 5.53. The molecule has 1 saturated heterocycles. The van der Waals surface area contributed by atoms with E-state index >= 15 is 0 Å². The summed E-state index contributed by atoms with van der Waals surface area (Å²) >= 11 is 6.25. The van der Waals surface area contributed by atoms with Crippen LogP contribution in [0.25, 0.3) is 5.65 Å². The molecule has 1 N–H and O–H groups in total. The summed E-state index contributed by atoms with van der Waals surface area (Å²) in [5.41, 5.74) is 3.07. The maximum absolute atomic E-state index is 12.2. The number of benzene rings is 1. The number of carbonyl (C=O) groups is 1. The van der Waals surface area contributed by atoms with Gasteiger partial charge < -0.3 is 14.9 Å². The number of hydrogen-bond donors (Lipinski definition) is 1. The normalized spacial score (nSPS) is 15.2. The van der Waals surface area contributed by atoms with E-state index in [-0.39, 0.29) is 11.1 Å². The minimum absolute atomic E-state index is 0.183. The first-order valence-corrected chi connectivity index (χ1v) is 10.3. The number of anilines is 3. The van der Waals surface area contributed by atoms with E-state index in [1.165, 1.54) is 15.5 Å². The van der Waals surface area contributed by atoms with Crippen LogP contribution in [0.2, 0.25) is 5.15 Å². The standard InChI is InChI=1S/C21H25ClN6O2/c1-14(2)17-13-23-28-19(12-18(22)24-20(17)28)27(21(29)30)16-6-4-15(5-7-16)26-10-8-25(3)9-11-26/h4-7,12-14H,8-11H2,1-3H3,(H,29,30). The summed E-state index contributed by atoms with van der Waals surface area (Å²) in [4.78, 5) is 22.4. The van der Waals surface area contributed by atoms with E-state index in [0.29, 0.717) is 17.2 Å². The Hall–Kier alpha value is -2.84. The SMILES string of the molecule is CC(C)c1cnn2c(N(C(=O)O)c3ccc(N4CCN(C)CC4)cc3)cc(Cl)nc12. The smallest absolute Gasteiger partial charge is 0.417 e. The molecule has 0 aliphatic carbocycles. The third-order valence-corrected chi connectivity index (χ3v) is 5.66. The second-order valence-corrected chi connectivity index (χ2v) is 8.24. The number of amides is 1. The maximum Gasteiger partial charge on any atom is 0.417 e. The summed E-state index contributed by atoms with van der Waals surface area (Å²) in [5.74, 6) is 0.513. The van der Waals surface area contributed by atoms with Gasteiger partial charge in [0.15, 0.2) is 5.65 Å². The van der Waals surface area contributed by atoms with Gasteiger partial charge in [0.1, 0.15) is 11.0 Å². The van der Waals surface area contributed by atoms with E-state index < -0.39 is 6.09 Å². The Morgan fingerprint density at radius 1 is 1.17 bits per heavy atom. The van der Waals surface area contributed by atoms with Gasteiger partial charge in [-0.05, 0) is 37.2 Å². The lowest BCUT2D eigenvalue weighted by atomic mass is 10.1. The van der Waals surface area contributed by atoms with Crippen LogP contribution in [-0.4, -0.2) is 63.9 Å². The molecule has 0 saturated carbocycles. The van der Waals surface area contributed by atoms with Crippen molar-refractivity contribution < 1.29 is 9.90 Å². The number of rotatable bonds is 4. The molecule has 1 aliphatic rings. The van der Waals surface area contributed by atoms with Gasteiger partial charge in [-0.1, -0.05) is 25.4 Å². The summed E-state index contributed by atoms with van der Waals surface area (Å²) in [6.45, 7) is 7.98. The van der Waals surface area contributed by atoms with Crippen LogP contribution >= 0.6 is 11.6 Å².